The van der Waals surface area contributed by atoms with Crippen LogP contribution in [0.5, 0.6) is 5.75 Å². The Labute approximate surface area is 144 Å². The number of piperidine rings is 2. The fraction of sp³-hybridized carbons (Fsp3) is 0.650. The van der Waals surface area contributed by atoms with E-state index in [2.05, 4.69) is 9.80 Å². The first-order valence-electron chi connectivity index (χ1n) is 9.44. The molecule has 1 atom stereocenters. The number of carbonyl (C=O) groups excluding carboxylic acids is 1. The number of hydrogen-bond acceptors (Lipinski definition) is 3. The van der Waals surface area contributed by atoms with E-state index in [-0.39, 0.29) is 0 Å². The van der Waals surface area contributed by atoms with E-state index in [4.69, 9.17) is 4.74 Å². The van der Waals surface area contributed by atoms with Gasteiger partial charge in [0.25, 0.3) is 0 Å². The minimum Gasteiger partial charge on any atom is -0.492 e. The van der Waals surface area contributed by atoms with Gasteiger partial charge in [-0.25, -0.2) is 0 Å². The molecule has 1 aliphatic carbocycles. The number of carbonyl (C=O) groups is 1. The number of para-hydroxylation sites is 1. The lowest BCUT2D eigenvalue weighted by molar-refractivity contribution is -0.140. The lowest BCUT2D eigenvalue weighted by Crippen LogP contribution is -2.55. The first kappa shape index (κ1) is 15.9. The summed E-state index contributed by atoms with van der Waals surface area (Å²) < 4.78 is 5.86. The number of hydrogen-bond donors (Lipinski definition) is 0. The molecule has 0 N–H and O–H groups in total. The van der Waals surface area contributed by atoms with E-state index in [0.717, 1.165) is 51.4 Å². The third-order valence-electron chi connectivity index (χ3n) is 5.84. The highest BCUT2D eigenvalue weighted by Gasteiger charge is 2.45. The highest BCUT2D eigenvalue weighted by atomic mass is 16.5. The second-order valence-electron chi connectivity index (χ2n) is 7.79. The number of amides is 1. The zero-order valence-electron chi connectivity index (χ0n) is 14.5. The maximum absolute atomic E-state index is 12.2. The Morgan fingerprint density at radius 3 is 2.75 bits per heavy atom. The summed E-state index contributed by atoms with van der Waals surface area (Å²) in [6.07, 6.45) is 6.79. The van der Waals surface area contributed by atoms with Gasteiger partial charge in [-0.1, -0.05) is 18.2 Å². The van der Waals surface area contributed by atoms with Crippen LogP contribution in [0.2, 0.25) is 0 Å². The number of ether oxygens (including phenoxy) is 1. The third-order valence-corrected chi connectivity index (χ3v) is 5.84. The van der Waals surface area contributed by atoms with Crippen LogP contribution in [0.4, 0.5) is 0 Å². The van der Waals surface area contributed by atoms with Gasteiger partial charge in [0, 0.05) is 37.5 Å². The van der Waals surface area contributed by atoms with Gasteiger partial charge in [0.2, 0.25) is 5.91 Å². The molecule has 0 radical (unpaired) electrons. The van der Waals surface area contributed by atoms with Gasteiger partial charge in [0.1, 0.15) is 12.4 Å². The summed E-state index contributed by atoms with van der Waals surface area (Å²) in [4.78, 5) is 17.0. The van der Waals surface area contributed by atoms with Gasteiger partial charge >= 0.3 is 0 Å². The lowest BCUT2D eigenvalue weighted by Gasteiger charge is -2.48. The predicted molar refractivity (Wildman–Crippen MR) is 94.0 cm³/mol. The Morgan fingerprint density at radius 2 is 1.96 bits per heavy atom. The fourth-order valence-corrected chi connectivity index (χ4v) is 4.41. The van der Waals surface area contributed by atoms with Crippen molar-refractivity contribution < 1.29 is 9.53 Å². The SMILES string of the molecule is O=C1CCC2(CCCN(CCOc3ccccc3)C2)CN1C1CC1. The van der Waals surface area contributed by atoms with E-state index >= 15 is 0 Å². The Morgan fingerprint density at radius 1 is 1.12 bits per heavy atom. The molecular formula is C20H28N2O2. The number of likely N-dealkylation sites (tertiary alicyclic amines) is 2. The van der Waals surface area contributed by atoms with Crippen molar-refractivity contribution in [3.8, 4) is 5.75 Å². The quantitative estimate of drug-likeness (QED) is 0.833. The normalized spacial score (nSPS) is 28.3. The van der Waals surface area contributed by atoms with E-state index < -0.39 is 0 Å². The van der Waals surface area contributed by atoms with Crippen molar-refractivity contribution in [2.75, 3.05) is 32.8 Å². The minimum atomic E-state index is 0.335. The maximum atomic E-state index is 12.2. The molecule has 1 unspecified atom stereocenters. The van der Waals surface area contributed by atoms with Gasteiger partial charge in [0.15, 0.2) is 0 Å². The molecule has 1 spiro atoms. The molecule has 1 amide bonds. The van der Waals surface area contributed by atoms with Crippen molar-refractivity contribution in [3.63, 3.8) is 0 Å². The molecule has 2 saturated heterocycles. The molecule has 2 heterocycles. The van der Waals surface area contributed by atoms with Crippen LogP contribution in [0.25, 0.3) is 0 Å². The van der Waals surface area contributed by atoms with Crippen LogP contribution in [0.1, 0.15) is 38.5 Å². The summed E-state index contributed by atoms with van der Waals surface area (Å²) in [6.45, 7) is 5.00. The zero-order chi connectivity index (χ0) is 16.4. The molecule has 130 valence electrons. The molecule has 3 aliphatic rings. The molecule has 4 rings (SSSR count). The van der Waals surface area contributed by atoms with Crippen molar-refractivity contribution in [2.45, 2.75) is 44.6 Å². The van der Waals surface area contributed by atoms with Crippen molar-refractivity contribution in [1.29, 1.82) is 0 Å². The average Bonchev–Trinajstić information content (AvgIpc) is 3.44. The van der Waals surface area contributed by atoms with E-state index in [1.807, 2.05) is 30.3 Å². The van der Waals surface area contributed by atoms with Crippen molar-refractivity contribution in [2.24, 2.45) is 5.41 Å². The van der Waals surface area contributed by atoms with Gasteiger partial charge in [-0.05, 0) is 50.8 Å². The third kappa shape index (κ3) is 3.59. The van der Waals surface area contributed by atoms with Crippen LogP contribution in [0, 0.1) is 5.41 Å². The summed E-state index contributed by atoms with van der Waals surface area (Å²) in [7, 11) is 0. The molecule has 0 bridgehead atoms. The van der Waals surface area contributed by atoms with Crippen molar-refractivity contribution in [1.82, 2.24) is 9.80 Å². The van der Waals surface area contributed by atoms with Crippen LogP contribution in [0.15, 0.2) is 30.3 Å². The predicted octanol–water partition coefficient (Wildman–Crippen LogP) is 2.93. The summed E-state index contributed by atoms with van der Waals surface area (Å²) in [5.41, 5.74) is 0.335. The van der Waals surface area contributed by atoms with Gasteiger partial charge in [-0.2, -0.15) is 0 Å². The van der Waals surface area contributed by atoms with Crippen LogP contribution in [-0.2, 0) is 4.79 Å². The second-order valence-corrected chi connectivity index (χ2v) is 7.79. The number of benzene rings is 1. The smallest absolute Gasteiger partial charge is 0.222 e. The molecule has 24 heavy (non-hydrogen) atoms. The van der Waals surface area contributed by atoms with E-state index in [1.165, 1.54) is 25.7 Å². The van der Waals surface area contributed by atoms with Crippen LogP contribution in [0.3, 0.4) is 0 Å². The van der Waals surface area contributed by atoms with Gasteiger partial charge < -0.3 is 9.64 Å². The van der Waals surface area contributed by atoms with E-state index in [1.54, 1.807) is 0 Å². The van der Waals surface area contributed by atoms with E-state index in [9.17, 15) is 4.79 Å². The summed E-state index contributed by atoms with van der Waals surface area (Å²) in [5.74, 6) is 1.35. The lowest BCUT2D eigenvalue weighted by atomic mass is 9.73. The monoisotopic (exact) mass is 328 g/mol. The zero-order valence-corrected chi connectivity index (χ0v) is 14.5. The van der Waals surface area contributed by atoms with Crippen LogP contribution >= 0.6 is 0 Å². The topological polar surface area (TPSA) is 32.8 Å². The molecular weight excluding hydrogens is 300 g/mol. The number of nitrogens with zero attached hydrogens (tertiary/aromatic N) is 2. The Balaban J connectivity index is 1.31. The molecule has 3 fully saturated rings. The largest absolute Gasteiger partial charge is 0.492 e. The highest BCUT2D eigenvalue weighted by Crippen LogP contribution is 2.42. The summed E-state index contributed by atoms with van der Waals surface area (Å²) >= 11 is 0. The highest BCUT2D eigenvalue weighted by molar-refractivity contribution is 5.78. The van der Waals surface area contributed by atoms with E-state index in [0.29, 0.717) is 17.4 Å². The Kier molecular flexibility index (Phi) is 4.49. The average molecular weight is 328 g/mol. The molecule has 4 nitrogen and oxygen atoms in total. The standard InChI is InChI=1S/C20H28N2O2/c23-19-9-11-20(16-22(19)17-7-8-17)10-4-12-21(15-20)13-14-24-18-5-2-1-3-6-18/h1-3,5-6,17H,4,7-16H2. The molecule has 1 aromatic carbocycles. The first-order chi connectivity index (χ1) is 11.7. The maximum Gasteiger partial charge on any atom is 0.222 e. The first-order valence-corrected chi connectivity index (χ1v) is 9.44. The fourth-order valence-electron chi connectivity index (χ4n) is 4.41. The Hall–Kier alpha value is -1.55. The molecule has 1 aromatic rings. The van der Waals surface area contributed by atoms with Crippen LogP contribution < -0.4 is 4.74 Å². The Bertz CT molecular complexity index is 572. The molecule has 2 aliphatic heterocycles. The summed E-state index contributed by atoms with van der Waals surface area (Å²) in [5, 5.41) is 0. The number of rotatable bonds is 5. The van der Waals surface area contributed by atoms with Crippen molar-refractivity contribution >= 4 is 5.91 Å². The van der Waals surface area contributed by atoms with Gasteiger partial charge in [-0.15, -0.1) is 0 Å². The summed E-state index contributed by atoms with van der Waals surface area (Å²) in [6, 6.07) is 10.6. The van der Waals surface area contributed by atoms with Gasteiger partial charge in [0.05, 0.1) is 0 Å². The second kappa shape index (κ2) is 6.75. The van der Waals surface area contributed by atoms with Crippen molar-refractivity contribution in [3.05, 3.63) is 30.3 Å². The molecule has 4 heteroatoms. The van der Waals surface area contributed by atoms with Gasteiger partial charge in [-0.3, -0.25) is 9.69 Å². The van der Waals surface area contributed by atoms with Crippen LogP contribution in [-0.4, -0.2) is 54.5 Å². The molecule has 1 saturated carbocycles. The minimum absolute atomic E-state index is 0.335. The molecule has 0 aromatic heterocycles.